The summed E-state index contributed by atoms with van der Waals surface area (Å²) in [5.41, 5.74) is 2.05. The van der Waals surface area contributed by atoms with Gasteiger partial charge in [-0.1, -0.05) is 48.0 Å². The lowest BCUT2D eigenvalue weighted by atomic mass is 10.00. The molecule has 0 bridgehead atoms. The molecule has 0 radical (unpaired) electrons. The molecule has 176 valence electrons. The van der Waals surface area contributed by atoms with Crippen LogP contribution in [0.15, 0.2) is 59.5 Å². The van der Waals surface area contributed by atoms with Crippen LogP contribution in [0, 0.1) is 12.8 Å². The number of sulfonamides is 1. The first-order valence-electron chi connectivity index (χ1n) is 11.5. The average molecular weight is 470 g/mol. The molecule has 8 heteroatoms. The van der Waals surface area contributed by atoms with Crippen molar-refractivity contribution >= 4 is 21.8 Å². The topological polar surface area (TPSA) is 86.8 Å². The van der Waals surface area contributed by atoms with E-state index in [2.05, 4.69) is 5.32 Å². The Hall–Kier alpha value is -2.71. The molecule has 0 saturated carbocycles. The average Bonchev–Trinajstić information content (AvgIpc) is 3.43. The molecule has 2 amide bonds. The Kier molecular flexibility index (Phi) is 6.86. The largest absolute Gasteiger partial charge is 0.352 e. The summed E-state index contributed by atoms with van der Waals surface area (Å²) in [5, 5.41) is 3.01. The molecule has 0 aliphatic carbocycles. The number of hydrogen-bond acceptors (Lipinski definition) is 4. The van der Waals surface area contributed by atoms with E-state index in [1.807, 2.05) is 49.1 Å². The van der Waals surface area contributed by atoms with Gasteiger partial charge in [0.05, 0.1) is 4.90 Å². The molecule has 1 N–H and O–H groups in total. The number of likely N-dealkylation sites (tertiary alicyclic amines) is 1. The Balaban J connectivity index is 1.39. The van der Waals surface area contributed by atoms with Crippen molar-refractivity contribution in [3.63, 3.8) is 0 Å². The summed E-state index contributed by atoms with van der Waals surface area (Å²) in [6, 6.07) is 15.6. The van der Waals surface area contributed by atoms with Crippen molar-refractivity contribution in [3.8, 4) is 0 Å². The van der Waals surface area contributed by atoms with Gasteiger partial charge in [0.2, 0.25) is 21.8 Å². The van der Waals surface area contributed by atoms with Gasteiger partial charge in [-0.05, 0) is 44.4 Å². The minimum atomic E-state index is -3.75. The Morgan fingerprint density at radius 2 is 1.82 bits per heavy atom. The minimum Gasteiger partial charge on any atom is -0.352 e. The fraction of sp³-hybridized carbons (Fsp3) is 0.440. The normalized spacial score (nSPS) is 22.5. The Morgan fingerprint density at radius 3 is 2.52 bits per heavy atom. The van der Waals surface area contributed by atoms with Crippen LogP contribution >= 0.6 is 0 Å². The van der Waals surface area contributed by atoms with Gasteiger partial charge < -0.3 is 10.2 Å². The summed E-state index contributed by atoms with van der Waals surface area (Å²) >= 11 is 0. The zero-order valence-corrected chi connectivity index (χ0v) is 19.9. The van der Waals surface area contributed by atoms with E-state index < -0.39 is 16.1 Å². The van der Waals surface area contributed by atoms with Crippen LogP contribution in [0.3, 0.4) is 0 Å². The maximum absolute atomic E-state index is 13.2. The number of amides is 2. The molecule has 2 aromatic carbocycles. The van der Waals surface area contributed by atoms with Gasteiger partial charge in [0.25, 0.3) is 0 Å². The second kappa shape index (κ2) is 9.65. The van der Waals surface area contributed by atoms with Crippen molar-refractivity contribution in [1.29, 1.82) is 0 Å². The third-order valence-corrected chi connectivity index (χ3v) is 8.59. The number of nitrogens with one attached hydrogen (secondary N) is 1. The number of carbonyl (C=O) groups excluding carboxylic acids is 2. The molecule has 4 rings (SSSR count). The number of benzene rings is 2. The Labute approximate surface area is 195 Å². The highest BCUT2D eigenvalue weighted by Crippen LogP contribution is 2.28. The van der Waals surface area contributed by atoms with E-state index in [0.29, 0.717) is 38.9 Å². The third-order valence-electron chi connectivity index (χ3n) is 6.67. The summed E-state index contributed by atoms with van der Waals surface area (Å²) in [6.45, 7) is 5.26. The Bertz CT molecular complexity index is 1100. The first-order chi connectivity index (χ1) is 15.8. The predicted molar refractivity (Wildman–Crippen MR) is 126 cm³/mol. The number of rotatable bonds is 7. The van der Waals surface area contributed by atoms with Crippen LogP contribution in [0.25, 0.3) is 0 Å². The van der Waals surface area contributed by atoms with Crippen molar-refractivity contribution in [3.05, 3.63) is 65.7 Å². The van der Waals surface area contributed by atoms with Crippen molar-refractivity contribution in [1.82, 2.24) is 14.5 Å². The minimum absolute atomic E-state index is 0.00581. The molecular weight excluding hydrogens is 438 g/mol. The van der Waals surface area contributed by atoms with Gasteiger partial charge in [0, 0.05) is 38.0 Å². The lowest BCUT2D eigenvalue weighted by Gasteiger charge is -2.27. The maximum atomic E-state index is 13.2. The van der Waals surface area contributed by atoms with E-state index in [4.69, 9.17) is 0 Å². The highest BCUT2D eigenvalue weighted by atomic mass is 32.2. The first-order valence-corrected chi connectivity index (χ1v) is 12.9. The van der Waals surface area contributed by atoms with Crippen LogP contribution in [-0.4, -0.2) is 54.6 Å². The molecule has 2 aromatic rings. The monoisotopic (exact) mass is 469 g/mol. The van der Waals surface area contributed by atoms with Gasteiger partial charge in [-0.3, -0.25) is 9.59 Å². The molecule has 0 unspecified atom stereocenters. The molecule has 2 aliphatic heterocycles. The number of carbonyl (C=O) groups is 2. The highest BCUT2D eigenvalue weighted by molar-refractivity contribution is 7.89. The SMILES string of the molecule is Cc1ccc(S(=O)(=O)N2CCC[C@H]2C(=O)N[C@H](C)[C@@H]2CC(=O)N(Cc3ccccc3)C2)cc1. The van der Waals surface area contributed by atoms with Gasteiger partial charge in [0.15, 0.2) is 0 Å². The first kappa shape index (κ1) is 23.4. The third kappa shape index (κ3) is 5.12. The molecule has 2 aliphatic rings. The molecule has 2 heterocycles. The zero-order valence-electron chi connectivity index (χ0n) is 19.1. The van der Waals surface area contributed by atoms with E-state index in [1.54, 1.807) is 24.3 Å². The molecule has 0 aromatic heterocycles. The number of nitrogens with zero attached hydrogens (tertiary/aromatic N) is 2. The lowest BCUT2D eigenvalue weighted by molar-refractivity contribution is -0.128. The smallest absolute Gasteiger partial charge is 0.243 e. The van der Waals surface area contributed by atoms with E-state index in [-0.39, 0.29) is 28.7 Å². The molecule has 2 saturated heterocycles. The summed E-state index contributed by atoms with van der Waals surface area (Å²) in [7, 11) is -3.75. The fourth-order valence-corrected chi connectivity index (χ4v) is 6.32. The molecule has 7 nitrogen and oxygen atoms in total. The lowest BCUT2D eigenvalue weighted by Crippen LogP contribution is -2.50. The summed E-state index contributed by atoms with van der Waals surface area (Å²) in [4.78, 5) is 27.7. The van der Waals surface area contributed by atoms with E-state index in [0.717, 1.165) is 11.1 Å². The van der Waals surface area contributed by atoms with E-state index in [9.17, 15) is 18.0 Å². The quantitative estimate of drug-likeness (QED) is 0.676. The molecular formula is C25H31N3O4S. The summed E-state index contributed by atoms with van der Waals surface area (Å²) in [5.74, 6) is -0.215. The molecule has 2 fully saturated rings. The van der Waals surface area contributed by atoms with Crippen molar-refractivity contribution < 1.29 is 18.0 Å². The van der Waals surface area contributed by atoms with Crippen LogP contribution in [-0.2, 0) is 26.2 Å². The van der Waals surface area contributed by atoms with Crippen molar-refractivity contribution in [2.45, 2.75) is 56.6 Å². The van der Waals surface area contributed by atoms with Gasteiger partial charge in [-0.2, -0.15) is 4.31 Å². The predicted octanol–water partition coefficient (Wildman–Crippen LogP) is 2.70. The van der Waals surface area contributed by atoms with Gasteiger partial charge in [0.1, 0.15) is 6.04 Å². The zero-order chi connectivity index (χ0) is 23.6. The van der Waals surface area contributed by atoms with E-state index in [1.165, 1.54) is 4.31 Å². The fourth-order valence-electron chi connectivity index (χ4n) is 4.67. The van der Waals surface area contributed by atoms with Gasteiger partial charge >= 0.3 is 0 Å². The molecule has 3 atom stereocenters. The second-order valence-electron chi connectivity index (χ2n) is 9.11. The summed E-state index contributed by atoms with van der Waals surface area (Å²) in [6.07, 6.45) is 1.52. The van der Waals surface area contributed by atoms with Crippen LogP contribution in [0.4, 0.5) is 0 Å². The Morgan fingerprint density at radius 1 is 1.12 bits per heavy atom. The number of aryl methyl sites for hydroxylation is 1. The number of hydrogen-bond donors (Lipinski definition) is 1. The van der Waals surface area contributed by atoms with Crippen LogP contribution in [0.1, 0.15) is 37.3 Å². The second-order valence-corrected chi connectivity index (χ2v) is 11.0. The van der Waals surface area contributed by atoms with Gasteiger partial charge in [-0.15, -0.1) is 0 Å². The maximum Gasteiger partial charge on any atom is 0.243 e. The van der Waals surface area contributed by atoms with Crippen LogP contribution in [0.2, 0.25) is 0 Å². The van der Waals surface area contributed by atoms with E-state index >= 15 is 0 Å². The molecule has 0 spiro atoms. The highest BCUT2D eigenvalue weighted by Gasteiger charge is 2.41. The van der Waals surface area contributed by atoms with Crippen LogP contribution in [0.5, 0.6) is 0 Å². The standard InChI is InChI=1S/C25H31N3O4S/c1-18-10-12-22(13-11-18)33(31,32)28-14-6-9-23(28)25(30)26-19(2)21-15-24(29)27(17-21)16-20-7-4-3-5-8-20/h3-5,7-8,10-13,19,21,23H,6,9,14-17H2,1-2H3,(H,26,30)/t19-,21-,23+/m1/s1. The van der Waals surface area contributed by atoms with Crippen LogP contribution < -0.4 is 5.32 Å². The van der Waals surface area contributed by atoms with Crippen molar-refractivity contribution in [2.24, 2.45) is 5.92 Å². The summed E-state index contributed by atoms with van der Waals surface area (Å²) < 4.78 is 27.6. The van der Waals surface area contributed by atoms with Gasteiger partial charge in [-0.25, -0.2) is 8.42 Å². The molecule has 33 heavy (non-hydrogen) atoms. The van der Waals surface area contributed by atoms with Crippen molar-refractivity contribution in [2.75, 3.05) is 13.1 Å².